The second kappa shape index (κ2) is 9.91. The first-order valence-electron chi connectivity index (χ1n) is 12.7. The maximum Gasteiger partial charge on any atom is 0.147 e. The number of fused-ring (bicyclic) bond motifs is 3. The molecule has 4 nitrogen and oxygen atoms in total. The summed E-state index contributed by atoms with van der Waals surface area (Å²) in [4.78, 5) is 6.82. The average Bonchev–Trinajstić information content (AvgIpc) is 3.15. The Kier molecular flexibility index (Phi) is 6.96. The summed E-state index contributed by atoms with van der Waals surface area (Å²) in [6.45, 7) is 6.36. The minimum absolute atomic E-state index is 0.0467. The standard InChI is InChI=1S/C28H32F5N3O/c1-16-9-20-19-5-4-6-21(30)25(19)34-26(20)27(36(16)15-28(2,3)33)24-22(31)10-18(11-23(24)32)37-8-7-35-13-17(12-29)14-35/h4-6,10-11,16-17,27,34H,7-9,12-15H2,1-3H3/t16-,27-/m0/s1. The molecule has 5 rings (SSSR count). The number of hydrogen-bond donors (Lipinski definition) is 1. The molecule has 2 aliphatic heterocycles. The van der Waals surface area contributed by atoms with Gasteiger partial charge in [-0.2, -0.15) is 0 Å². The maximum absolute atomic E-state index is 15.6. The van der Waals surface area contributed by atoms with Crippen LogP contribution >= 0.6 is 0 Å². The number of likely N-dealkylation sites (tertiary alicyclic amines) is 1. The van der Waals surface area contributed by atoms with Gasteiger partial charge in [0.2, 0.25) is 0 Å². The maximum atomic E-state index is 15.6. The van der Waals surface area contributed by atoms with E-state index >= 15 is 8.78 Å². The van der Waals surface area contributed by atoms with Crippen molar-refractivity contribution in [1.29, 1.82) is 0 Å². The van der Waals surface area contributed by atoms with Gasteiger partial charge in [-0.15, -0.1) is 0 Å². The van der Waals surface area contributed by atoms with Crippen molar-refractivity contribution in [2.75, 3.05) is 39.5 Å². The fourth-order valence-corrected chi connectivity index (χ4v) is 5.69. The third-order valence-electron chi connectivity index (χ3n) is 7.41. The monoisotopic (exact) mass is 521 g/mol. The fraction of sp³-hybridized carbons (Fsp3) is 0.500. The normalized spacial score (nSPS) is 21.3. The van der Waals surface area contributed by atoms with Gasteiger partial charge in [-0.25, -0.2) is 17.6 Å². The molecule has 0 spiro atoms. The number of aromatic amines is 1. The van der Waals surface area contributed by atoms with E-state index in [-0.39, 0.29) is 48.6 Å². The molecule has 0 aliphatic carbocycles. The van der Waals surface area contributed by atoms with Gasteiger partial charge in [0, 0.05) is 66.9 Å². The Labute approximate surface area is 213 Å². The van der Waals surface area contributed by atoms with E-state index < -0.39 is 29.2 Å². The molecule has 1 N–H and O–H groups in total. The molecule has 0 bridgehead atoms. The summed E-state index contributed by atoms with van der Waals surface area (Å²) in [5.74, 6) is -2.00. The van der Waals surface area contributed by atoms with Crippen molar-refractivity contribution in [2.24, 2.45) is 5.92 Å². The Morgan fingerprint density at radius 3 is 2.43 bits per heavy atom. The Hall–Kier alpha value is -2.65. The van der Waals surface area contributed by atoms with Crippen LogP contribution < -0.4 is 4.74 Å². The molecule has 2 aliphatic rings. The van der Waals surface area contributed by atoms with Gasteiger partial charge in [0.1, 0.15) is 35.5 Å². The summed E-state index contributed by atoms with van der Waals surface area (Å²) in [5.41, 5.74) is -0.345. The quantitative estimate of drug-likeness (QED) is 0.372. The first-order chi connectivity index (χ1) is 17.6. The van der Waals surface area contributed by atoms with E-state index in [4.69, 9.17) is 4.74 Å². The molecular weight excluding hydrogens is 489 g/mol. The summed E-state index contributed by atoms with van der Waals surface area (Å²) < 4.78 is 79.0. The van der Waals surface area contributed by atoms with Crippen molar-refractivity contribution in [3.05, 3.63) is 64.6 Å². The zero-order chi connectivity index (χ0) is 26.5. The van der Waals surface area contributed by atoms with Gasteiger partial charge in [0.05, 0.1) is 18.2 Å². The Morgan fingerprint density at radius 2 is 1.78 bits per heavy atom. The fourth-order valence-electron chi connectivity index (χ4n) is 5.69. The largest absolute Gasteiger partial charge is 0.492 e. The summed E-state index contributed by atoms with van der Waals surface area (Å²) in [6.07, 6.45) is 0.482. The molecular formula is C28H32F5N3O. The molecule has 1 aromatic heterocycles. The topological polar surface area (TPSA) is 31.5 Å². The number of ether oxygens (including phenoxy) is 1. The molecule has 3 aromatic rings. The van der Waals surface area contributed by atoms with Crippen LogP contribution in [-0.4, -0.2) is 66.0 Å². The highest BCUT2D eigenvalue weighted by atomic mass is 19.2. The van der Waals surface area contributed by atoms with Gasteiger partial charge in [-0.3, -0.25) is 14.2 Å². The predicted molar refractivity (Wildman–Crippen MR) is 133 cm³/mol. The molecule has 0 amide bonds. The number of para-hydroxylation sites is 1. The number of aromatic nitrogens is 1. The molecule has 1 saturated heterocycles. The van der Waals surface area contributed by atoms with Crippen LogP contribution in [0.2, 0.25) is 0 Å². The molecule has 3 heterocycles. The summed E-state index contributed by atoms with van der Waals surface area (Å²) in [7, 11) is 0. The lowest BCUT2D eigenvalue weighted by Gasteiger charge is -2.43. The highest BCUT2D eigenvalue weighted by molar-refractivity contribution is 5.86. The van der Waals surface area contributed by atoms with Crippen LogP contribution in [0.1, 0.15) is 43.6 Å². The van der Waals surface area contributed by atoms with Crippen LogP contribution in [0, 0.1) is 23.4 Å². The number of alkyl halides is 2. The SMILES string of the molecule is C[C@H]1Cc2c([nH]c3c(F)cccc23)[C@H](c2c(F)cc(OCCN3CC(CF)C3)cc2F)N1CC(C)(C)F. The third-order valence-corrected chi connectivity index (χ3v) is 7.41. The number of nitrogens with one attached hydrogen (secondary N) is 1. The van der Waals surface area contributed by atoms with E-state index in [2.05, 4.69) is 4.98 Å². The smallest absolute Gasteiger partial charge is 0.147 e. The van der Waals surface area contributed by atoms with E-state index in [9.17, 15) is 13.2 Å². The minimum atomic E-state index is -1.63. The summed E-state index contributed by atoms with van der Waals surface area (Å²) >= 11 is 0. The first kappa shape index (κ1) is 26.0. The molecule has 2 atom stereocenters. The van der Waals surface area contributed by atoms with Crippen molar-refractivity contribution < 1.29 is 26.7 Å². The molecule has 37 heavy (non-hydrogen) atoms. The van der Waals surface area contributed by atoms with E-state index in [1.165, 1.54) is 19.9 Å². The number of benzene rings is 2. The number of halogens is 5. The van der Waals surface area contributed by atoms with Crippen LogP contribution in [0.3, 0.4) is 0 Å². The average molecular weight is 522 g/mol. The first-order valence-corrected chi connectivity index (χ1v) is 12.7. The highest BCUT2D eigenvalue weighted by Gasteiger charge is 2.41. The Bertz CT molecular complexity index is 1260. The molecule has 0 saturated carbocycles. The van der Waals surface area contributed by atoms with Crippen LogP contribution in [0.4, 0.5) is 22.0 Å². The van der Waals surface area contributed by atoms with Crippen molar-refractivity contribution in [1.82, 2.24) is 14.8 Å². The van der Waals surface area contributed by atoms with E-state index in [1.54, 1.807) is 17.0 Å². The molecule has 0 unspecified atom stereocenters. The lowest BCUT2D eigenvalue weighted by Crippen LogP contribution is -2.49. The van der Waals surface area contributed by atoms with Gasteiger partial charge in [-0.1, -0.05) is 12.1 Å². The molecule has 2 aromatic carbocycles. The second-order valence-corrected chi connectivity index (χ2v) is 11.0. The van der Waals surface area contributed by atoms with Gasteiger partial charge in [0.15, 0.2) is 0 Å². The summed E-state index contributed by atoms with van der Waals surface area (Å²) in [5, 5.41) is 0.660. The van der Waals surface area contributed by atoms with Gasteiger partial charge >= 0.3 is 0 Å². The number of rotatable bonds is 8. The predicted octanol–water partition coefficient (Wildman–Crippen LogP) is 5.95. The van der Waals surface area contributed by atoms with Crippen molar-refractivity contribution in [2.45, 2.75) is 44.9 Å². The molecule has 1 fully saturated rings. The van der Waals surface area contributed by atoms with Crippen LogP contribution in [0.15, 0.2) is 30.3 Å². The zero-order valence-corrected chi connectivity index (χ0v) is 21.3. The highest BCUT2D eigenvalue weighted by Crippen LogP contribution is 2.44. The molecule has 200 valence electrons. The van der Waals surface area contributed by atoms with E-state index in [0.29, 0.717) is 37.1 Å². The van der Waals surface area contributed by atoms with Crippen molar-refractivity contribution in [3.63, 3.8) is 0 Å². The Morgan fingerprint density at radius 1 is 1.08 bits per heavy atom. The van der Waals surface area contributed by atoms with Crippen LogP contribution in [-0.2, 0) is 6.42 Å². The van der Waals surface area contributed by atoms with Gasteiger partial charge in [-0.05, 0) is 38.8 Å². The van der Waals surface area contributed by atoms with Crippen molar-refractivity contribution >= 4 is 10.9 Å². The third kappa shape index (κ3) is 5.08. The van der Waals surface area contributed by atoms with Crippen LogP contribution in [0.25, 0.3) is 10.9 Å². The van der Waals surface area contributed by atoms with E-state index in [0.717, 1.165) is 17.7 Å². The van der Waals surface area contributed by atoms with Gasteiger partial charge < -0.3 is 9.72 Å². The number of hydrogen-bond acceptors (Lipinski definition) is 3. The lowest BCUT2D eigenvalue weighted by atomic mass is 9.87. The number of nitrogens with zero attached hydrogens (tertiary/aromatic N) is 2. The summed E-state index contributed by atoms with van der Waals surface area (Å²) in [6, 6.07) is 5.76. The Balaban J connectivity index is 1.49. The van der Waals surface area contributed by atoms with Crippen LogP contribution in [0.5, 0.6) is 5.75 Å². The van der Waals surface area contributed by atoms with E-state index in [1.807, 2.05) is 11.8 Å². The lowest BCUT2D eigenvalue weighted by molar-refractivity contribution is 0.0637. The van der Waals surface area contributed by atoms with Crippen molar-refractivity contribution in [3.8, 4) is 5.75 Å². The van der Waals surface area contributed by atoms with Gasteiger partial charge in [0.25, 0.3) is 0 Å². The minimum Gasteiger partial charge on any atom is -0.492 e. The molecule has 9 heteroatoms. The second-order valence-electron chi connectivity index (χ2n) is 11.0. The number of H-pyrrole nitrogens is 1. The molecule has 0 radical (unpaired) electrons. The zero-order valence-electron chi connectivity index (χ0n) is 21.3.